The van der Waals surface area contributed by atoms with Gasteiger partial charge in [0.1, 0.15) is 0 Å². The fourth-order valence-corrected chi connectivity index (χ4v) is 0.680. The van der Waals surface area contributed by atoms with Crippen molar-refractivity contribution >= 4 is 60.2 Å². The average molecular weight is 221 g/mol. The summed E-state index contributed by atoms with van der Waals surface area (Å²) in [6.07, 6.45) is 0. The van der Waals surface area contributed by atoms with Gasteiger partial charge in [0, 0.05) is 48.9 Å². The summed E-state index contributed by atoms with van der Waals surface area (Å²) < 4.78 is 0. The molecule has 0 atom stereocenters. The van der Waals surface area contributed by atoms with Crippen molar-refractivity contribution in [2.75, 3.05) is 0 Å². The zero-order valence-electron chi connectivity index (χ0n) is 3.42. The van der Waals surface area contributed by atoms with Gasteiger partial charge in [0.2, 0.25) is 0 Å². The Morgan fingerprint density at radius 2 is 1.50 bits per heavy atom. The summed E-state index contributed by atoms with van der Waals surface area (Å²) in [6, 6.07) is 4.04. The first-order valence-corrected chi connectivity index (χ1v) is 2.41. The zero-order chi connectivity index (χ0) is 3.54. The van der Waals surface area contributed by atoms with Crippen LogP contribution in [-0.2, 0) is 0 Å². The molecule has 1 aromatic rings. The van der Waals surface area contributed by atoms with Crippen LogP contribution >= 0.6 is 11.3 Å². The Morgan fingerprint density at radius 1 is 1.00 bits per heavy atom. The Morgan fingerprint density at radius 3 is 1.67 bits per heavy atom. The van der Waals surface area contributed by atoms with Crippen LogP contribution in [-0.4, -0.2) is 48.9 Å². The van der Waals surface area contributed by atoms with Crippen LogP contribution in [0.3, 0.4) is 0 Å². The third kappa shape index (κ3) is 2.45. The van der Waals surface area contributed by atoms with Gasteiger partial charge in [-0.05, 0) is 10.8 Å². The Hall–Kier alpha value is 1.27. The minimum Gasteiger partial charge on any atom is -0.152 e. The Kier molecular flexibility index (Phi) is 5.37. The van der Waals surface area contributed by atoms with E-state index in [0.29, 0.717) is 0 Å². The van der Waals surface area contributed by atoms with E-state index in [0.717, 1.165) is 0 Å². The molecule has 0 fully saturated rings. The van der Waals surface area contributed by atoms with Crippen LogP contribution in [0.2, 0.25) is 0 Å². The largest absolute Gasteiger partial charge is 0.152 e. The molecule has 0 bridgehead atoms. The van der Waals surface area contributed by atoms with E-state index in [9.17, 15) is 0 Å². The number of hydrogen-bond acceptors (Lipinski definition) is 1. The predicted octanol–water partition coefficient (Wildman–Crippen LogP) is 1.37. The fraction of sp³-hybridized carbons (Fsp3) is 0. The summed E-state index contributed by atoms with van der Waals surface area (Å²) in [5.74, 6) is 0. The van der Waals surface area contributed by atoms with Gasteiger partial charge in [-0.2, -0.15) is 11.3 Å². The Bertz CT molecular complexity index is 64.0. The molecule has 0 aliphatic rings. The smallest absolute Gasteiger partial charge is 0 e. The van der Waals surface area contributed by atoms with E-state index in [1.807, 2.05) is 22.9 Å². The summed E-state index contributed by atoms with van der Waals surface area (Å²) in [4.78, 5) is 0. The molecule has 0 spiro atoms. The maximum atomic E-state index is 2.04. The van der Waals surface area contributed by atoms with Crippen LogP contribution in [0.5, 0.6) is 0 Å². The van der Waals surface area contributed by atoms with Crippen LogP contribution in [0.25, 0.3) is 0 Å². The molecule has 2 radical (unpaired) electrons. The van der Waals surface area contributed by atoms with Gasteiger partial charge in [-0.3, -0.25) is 0 Å². The maximum absolute atomic E-state index is 2.04. The summed E-state index contributed by atoms with van der Waals surface area (Å²) >= 11 is 1.71. The van der Waals surface area contributed by atoms with Crippen molar-refractivity contribution in [2.24, 2.45) is 0 Å². The van der Waals surface area contributed by atoms with Crippen molar-refractivity contribution < 1.29 is 0 Å². The standard InChI is InChI=1S/C4H4S.Ba/c1-2-4-5-3-1;/h1-4H;. The molecule has 0 unspecified atom stereocenters. The molecular weight excluding hydrogens is 217 g/mol. The Labute approximate surface area is 81.6 Å². The van der Waals surface area contributed by atoms with Gasteiger partial charge in [0.15, 0.2) is 0 Å². The molecule has 2 heteroatoms. The molecule has 1 heterocycles. The van der Waals surface area contributed by atoms with Crippen molar-refractivity contribution in [3.05, 3.63) is 22.9 Å². The van der Waals surface area contributed by atoms with Crippen molar-refractivity contribution in [1.82, 2.24) is 0 Å². The van der Waals surface area contributed by atoms with Crippen molar-refractivity contribution in [2.45, 2.75) is 0 Å². The molecule has 1 rings (SSSR count). The molecule has 0 aromatic carbocycles. The quantitative estimate of drug-likeness (QED) is 0.581. The molecule has 0 saturated heterocycles. The van der Waals surface area contributed by atoms with Crippen molar-refractivity contribution in [3.8, 4) is 0 Å². The van der Waals surface area contributed by atoms with E-state index < -0.39 is 0 Å². The summed E-state index contributed by atoms with van der Waals surface area (Å²) in [7, 11) is 0. The van der Waals surface area contributed by atoms with Gasteiger partial charge in [-0.25, -0.2) is 0 Å². The normalized spacial score (nSPS) is 6.67. The first kappa shape index (κ1) is 7.27. The predicted molar refractivity (Wildman–Crippen MR) is 30.1 cm³/mol. The van der Waals surface area contributed by atoms with Crippen molar-refractivity contribution in [3.63, 3.8) is 0 Å². The van der Waals surface area contributed by atoms with Crippen LogP contribution < -0.4 is 0 Å². The van der Waals surface area contributed by atoms with Crippen molar-refractivity contribution in [1.29, 1.82) is 0 Å². The molecule has 0 N–H and O–H groups in total. The third-order valence-electron chi connectivity index (χ3n) is 0.425. The number of thiophene rings is 1. The summed E-state index contributed by atoms with van der Waals surface area (Å²) in [5, 5.41) is 4.08. The van der Waals surface area contributed by atoms with Gasteiger partial charge < -0.3 is 0 Å². The molecule has 0 aliphatic heterocycles. The van der Waals surface area contributed by atoms with E-state index >= 15 is 0 Å². The van der Waals surface area contributed by atoms with Crippen LogP contribution in [0.4, 0.5) is 0 Å². The second kappa shape index (κ2) is 4.43. The molecule has 28 valence electrons. The van der Waals surface area contributed by atoms with E-state index in [4.69, 9.17) is 0 Å². The molecule has 1 aromatic heterocycles. The summed E-state index contributed by atoms with van der Waals surface area (Å²) in [6.45, 7) is 0. The van der Waals surface area contributed by atoms with Gasteiger partial charge in [-0.1, -0.05) is 12.1 Å². The van der Waals surface area contributed by atoms with Gasteiger partial charge in [0.05, 0.1) is 0 Å². The molecule has 0 nitrogen and oxygen atoms in total. The fourth-order valence-electron chi connectivity index (χ4n) is 0.227. The van der Waals surface area contributed by atoms with Gasteiger partial charge in [0.25, 0.3) is 0 Å². The van der Waals surface area contributed by atoms with Crippen LogP contribution in [0.1, 0.15) is 0 Å². The molecule has 0 aliphatic carbocycles. The molecule has 0 amide bonds. The van der Waals surface area contributed by atoms with Gasteiger partial charge in [-0.15, -0.1) is 0 Å². The second-order valence-electron chi connectivity index (χ2n) is 0.793. The second-order valence-corrected chi connectivity index (χ2v) is 1.61. The minimum absolute atomic E-state index is 0. The average Bonchev–Trinajstić information content (AvgIpc) is 1.76. The van der Waals surface area contributed by atoms with Gasteiger partial charge >= 0.3 is 0 Å². The molecule has 0 saturated carbocycles. The first-order chi connectivity index (χ1) is 2.50. The van der Waals surface area contributed by atoms with E-state index in [-0.39, 0.29) is 48.9 Å². The zero-order valence-corrected chi connectivity index (χ0v) is 8.68. The SMILES string of the molecule is [Ba].c1ccsc1. The van der Waals surface area contributed by atoms with Crippen LogP contribution in [0, 0.1) is 0 Å². The monoisotopic (exact) mass is 222 g/mol. The first-order valence-electron chi connectivity index (χ1n) is 1.47. The van der Waals surface area contributed by atoms with E-state index in [1.165, 1.54) is 0 Å². The maximum Gasteiger partial charge on any atom is 0 e. The Balaban J connectivity index is 0.000000250. The van der Waals surface area contributed by atoms with E-state index in [2.05, 4.69) is 0 Å². The molecular formula is C4H4BaS. The van der Waals surface area contributed by atoms with Crippen LogP contribution in [0.15, 0.2) is 22.9 Å². The third-order valence-corrected chi connectivity index (χ3v) is 1.05. The van der Waals surface area contributed by atoms with E-state index in [1.54, 1.807) is 11.3 Å². The molecule has 6 heavy (non-hydrogen) atoms. The number of rotatable bonds is 0. The topological polar surface area (TPSA) is 0 Å². The minimum atomic E-state index is 0. The summed E-state index contributed by atoms with van der Waals surface area (Å²) in [5.41, 5.74) is 0. The number of hydrogen-bond donors (Lipinski definition) is 0.